The normalized spacial score (nSPS) is 9.45. The lowest BCUT2D eigenvalue weighted by molar-refractivity contribution is 0.155. The Bertz CT molecular complexity index is 579. The minimum absolute atomic E-state index is 0. The maximum atomic E-state index is 13.4. The number of halogens is 2. The highest BCUT2D eigenvalue weighted by atomic mass is 35.5. The Morgan fingerprint density at radius 3 is 2.55 bits per heavy atom. The van der Waals surface area contributed by atoms with Crippen molar-refractivity contribution in [2.45, 2.75) is 6.61 Å². The van der Waals surface area contributed by atoms with E-state index in [2.05, 4.69) is 5.32 Å². The molecular formula is C14H14ClFN2O2. The van der Waals surface area contributed by atoms with Gasteiger partial charge in [0.15, 0.2) is 0 Å². The fourth-order valence-corrected chi connectivity index (χ4v) is 1.50. The first-order valence-corrected chi connectivity index (χ1v) is 5.68. The molecular weight excluding hydrogens is 283 g/mol. The quantitative estimate of drug-likeness (QED) is 0.851. The van der Waals surface area contributed by atoms with Gasteiger partial charge in [-0.1, -0.05) is 30.3 Å². The predicted octanol–water partition coefficient (Wildman–Crippen LogP) is 3.58. The van der Waals surface area contributed by atoms with Crippen molar-refractivity contribution in [3.05, 3.63) is 59.9 Å². The lowest BCUT2D eigenvalue weighted by atomic mass is 10.2. The van der Waals surface area contributed by atoms with E-state index in [0.717, 1.165) is 11.6 Å². The van der Waals surface area contributed by atoms with Crippen LogP contribution in [0.4, 0.5) is 20.6 Å². The van der Waals surface area contributed by atoms with E-state index in [9.17, 15) is 9.18 Å². The number of rotatable bonds is 3. The smallest absolute Gasteiger partial charge is 0.412 e. The topological polar surface area (TPSA) is 64.3 Å². The third-order valence-electron chi connectivity index (χ3n) is 2.44. The van der Waals surface area contributed by atoms with Gasteiger partial charge in [-0.15, -0.1) is 12.4 Å². The van der Waals surface area contributed by atoms with E-state index >= 15 is 0 Å². The van der Waals surface area contributed by atoms with E-state index in [-0.39, 0.29) is 24.7 Å². The second-order valence-corrected chi connectivity index (χ2v) is 3.93. The van der Waals surface area contributed by atoms with Gasteiger partial charge in [-0.2, -0.15) is 0 Å². The van der Waals surface area contributed by atoms with Crippen LogP contribution in [-0.4, -0.2) is 6.09 Å². The molecule has 0 heterocycles. The summed E-state index contributed by atoms with van der Waals surface area (Å²) in [4.78, 5) is 11.5. The van der Waals surface area contributed by atoms with E-state index in [1.165, 1.54) is 12.1 Å². The van der Waals surface area contributed by atoms with Crippen LogP contribution in [0.2, 0.25) is 0 Å². The number of hydrogen-bond acceptors (Lipinski definition) is 3. The zero-order valence-corrected chi connectivity index (χ0v) is 11.3. The van der Waals surface area contributed by atoms with E-state index in [1.807, 2.05) is 30.3 Å². The van der Waals surface area contributed by atoms with E-state index < -0.39 is 11.9 Å². The van der Waals surface area contributed by atoms with Gasteiger partial charge in [-0.25, -0.2) is 9.18 Å². The van der Waals surface area contributed by atoms with E-state index in [0.29, 0.717) is 5.69 Å². The second-order valence-electron chi connectivity index (χ2n) is 3.93. The number of carbonyl (C=O) groups is 1. The number of hydrogen-bond donors (Lipinski definition) is 2. The molecule has 0 atom stereocenters. The zero-order chi connectivity index (χ0) is 13.7. The first-order valence-electron chi connectivity index (χ1n) is 5.68. The van der Waals surface area contributed by atoms with E-state index in [4.69, 9.17) is 10.5 Å². The molecule has 2 rings (SSSR count). The van der Waals surface area contributed by atoms with Crippen LogP contribution in [0.1, 0.15) is 5.56 Å². The van der Waals surface area contributed by atoms with Crippen LogP contribution in [0.25, 0.3) is 0 Å². The molecule has 0 saturated carbocycles. The number of carbonyl (C=O) groups excluding carboxylic acids is 1. The number of amides is 1. The number of nitrogens with two attached hydrogens (primary N) is 1. The molecule has 0 aliphatic rings. The minimum Gasteiger partial charge on any atom is -0.444 e. The molecule has 0 radical (unpaired) electrons. The molecule has 0 bridgehead atoms. The van der Waals surface area contributed by atoms with E-state index in [1.54, 1.807) is 0 Å². The molecule has 0 saturated heterocycles. The Morgan fingerprint density at radius 2 is 1.90 bits per heavy atom. The Kier molecular flexibility index (Phi) is 5.80. The molecule has 0 fully saturated rings. The molecule has 106 valence electrons. The molecule has 3 N–H and O–H groups in total. The molecule has 0 aliphatic carbocycles. The summed E-state index contributed by atoms with van der Waals surface area (Å²) in [6.45, 7) is 0.128. The molecule has 2 aromatic rings. The number of nitrogen functional groups attached to an aromatic ring is 1. The molecule has 0 unspecified atom stereocenters. The molecule has 6 heteroatoms. The monoisotopic (exact) mass is 296 g/mol. The first kappa shape index (κ1) is 15.8. The Hall–Kier alpha value is -2.27. The van der Waals surface area contributed by atoms with Crippen molar-refractivity contribution in [2.24, 2.45) is 0 Å². The fraction of sp³-hybridized carbons (Fsp3) is 0.0714. The van der Waals surface area contributed by atoms with Gasteiger partial charge in [-0.05, 0) is 23.8 Å². The molecule has 1 amide bonds. The summed E-state index contributed by atoms with van der Waals surface area (Å²) < 4.78 is 18.4. The van der Waals surface area contributed by atoms with Crippen LogP contribution >= 0.6 is 12.4 Å². The van der Waals surface area contributed by atoms with Crippen LogP contribution in [0, 0.1) is 5.82 Å². The van der Waals surface area contributed by atoms with Crippen molar-refractivity contribution < 1.29 is 13.9 Å². The number of benzene rings is 2. The highest BCUT2D eigenvalue weighted by Crippen LogP contribution is 2.17. The van der Waals surface area contributed by atoms with Gasteiger partial charge in [0.25, 0.3) is 0 Å². The third kappa shape index (κ3) is 4.44. The minimum atomic E-state index is -0.715. The van der Waals surface area contributed by atoms with Crippen molar-refractivity contribution in [2.75, 3.05) is 11.1 Å². The lowest BCUT2D eigenvalue weighted by Crippen LogP contribution is -2.14. The summed E-state index contributed by atoms with van der Waals surface area (Å²) in [7, 11) is 0. The third-order valence-corrected chi connectivity index (χ3v) is 2.44. The highest BCUT2D eigenvalue weighted by molar-refractivity contribution is 5.85. The maximum absolute atomic E-state index is 13.4. The molecule has 4 nitrogen and oxygen atoms in total. The molecule has 20 heavy (non-hydrogen) atoms. The van der Waals surface area contributed by atoms with Gasteiger partial charge in [0.2, 0.25) is 0 Å². The largest absolute Gasteiger partial charge is 0.444 e. The Balaban J connectivity index is 0.00000200. The van der Waals surface area contributed by atoms with Crippen LogP contribution in [0.3, 0.4) is 0 Å². The summed E-state index contributed by atoms with van der Waals surface area (Å²) in [5, 5.41) is 2.32. The van der Waals surface area contributed by atoms with Gasteiger partial charge in [0.1, 0.15) is 12.4 Å². The second kappa shape index (κ2) is 7.35. The average molecular weight is 297 g/mol. The first-order chi connectivity index (χ1) is 9.15. The van der Waals surface area contributed by atoms with Gasteiger partial charge in [-0.3, -0.25) is 5.32 Å². The fourth-order valence-electron chi connectivity index (χ4n) is 1.50. The standard InChI is InChI=1S/C14H13FN2O2.ClH/c15-12-8-11(16)6-7-13(12)17-14(18)19-9-10-4-2-1-3-5-10;/h1-8H,9,16H2,(H,17,18);1H. The summed E-state index contributed by atoms with van der Waals surface area (Å²) >= 11 is 0. The lowest BCUT2D eigenvalue weighted by Gasteiger charge is -2.08. The van der Waals surface area contributed by atoms with Gasteiger partial charge < -0.3 is 10.5 Å². The van der Waals surface area contributed by atoms with Crippen molar-refractivity contribution in [3.8, 4) is 0 Å². The van der Waals surface area contributed by atoms with Gasteiger partial charge in [0.05, 0.1) is 5.69 Å². The number of nitrogens with one attached hydrogen (secondary N) is 1. The SMILES string of the molecule is Cl.Nc1ccc(NC(=O)OCc2ccccc2)c(F)c1. The molecule has 0 spiro atoms. The summed E-state index contributed by atoms with van der Waals surface area (Å²) in [5.41, 5.74) is 6.59. The van der Waals surface area contributed by atoms with Crippen LogP contribution in [0.5, 0.6) is 0 Å². The number of anilines is 2. The summed E-state index contributed by atoms with van der Waals surface area (Å²) in [5.74, 6) is -0.600. The van der Waals surface area contributed by atoms with Gasteiger partial charge >= 0.3 is 6.09 Å². The van der Waals surface area contributed by atoms with Gasteiger partial charge in [0, 0.05) is 5.69 Å². The Morgan fingerprint density at radius 1 is 1.20 bits per heavy atom. The zero-order valence-electron chi connectivity index (χ0n) is 10.5. The average Bonchev–Trinajstić information content (AvgIpc) is 2.41. The highest BCUT2D eigenvalue weighted by Gasteiger charge is 2.08. The van der Waals surface area contributed by atoms with Crippen LogP contribution in [0.15, 0.2) is 48.5 Å². The van der Waals surface area contributed by atoms with Crippen LogP contribution in [-0.2, 0) is 11.3 Å². The van der Waals surface area contributed by atoms with Crippen molar-refractivity contribution in [3.63, 3.8) is 0 Å². The molecule has 0 aliphatic heterocycles. The molecule has 2 aromatic carbocycles. The van der Waals surface area contributed by atoms with Crippen molar-refractivity contribution in [1.29, 1.82) is 0 Å². The molecule has 0 aromatic heterocycles. The van der Waals surface area contributed by atoms with Crippen molar-refractivity contribution in [1.82, 2.24) is 0 Å². The Labute approximate surface area is 122 Å². The summed E-state index contributed by atoms with van der Waals surface area (Å²) in [6.07, 6.45) is -0.715. The van der Waals surface area contributed by atoms with Crippen molar-refractivity contribution >= 4 is 29.9 Å². The number of ether oxygens (including phenoxy) is 1. The summed E-state index contributed by atoms with van der Waals surface area (Å²) in [6, 6.07) is 13.2. The maximum Gasteiger partial charge on any atom is 0.412 e. The predicted molar refractivity (Wildman–Crippen MR) is 78.3 cm³/mol. The van der Waals surface area contributed by atoms with Crippen LogP contribution < -0.4 is 11.1 Å².